The van der Waals surface area contributed by atoms with Crippen LogP contribution in [0, 0.1) is 12.7 Å². The maximum Gasteiger partial charge on any atom is 0.212 e. The van der Waals surface area contributed by atoms with Gasteiger partial charge in [0.1, 0.15) is 5.82 Å². The molecule has 0 saturated heterocycles. The van der Waals surface area contributed by atoms with Crippen LogP contribution in [0.5, 0.6) is 5.88 Å². The van der Waals surface area contributed by atoms with E-state index in [1.54, 1.807) is 18.2 Å². The lowest BCUT2D eigenvalue weighted by atomic mass is 9.84. The number of benzene rings is 2. The average Bonchev–Trinajstić information content (AvgIpc) is 2.67. The molecule has 3 aromatic rings. The Morgan fingerprint density at radius 2 is 1.89 bits per heavy atom. The number of Topliss-reactive ketones (excluding diaryl/α,β-unsaturated/α-hetero) is 1. The molecule has 27 heavy (non-hydrogen) atoms. The standard InChI is InChI=1S/C22H19BrFNO2/c1-14-11-18(24)8-9-19(14)20(15-3-6-17(23)7-4-15)12-21(26)16-5-10-22(27-2)25-13-16/h3-11,13,20H,12H2,1-2H3. The van der Waals surface area contributed by atoms with Gasteiger partial charge in [-0.05, 0) is 53.9 Å². The highest BCUT2D eigenvalue weighted by Gasteiger charge is 2.21. The number of hydrogen-bond donors (Lipinski definition) is 0. The van der Waals surface area contributed by atoms with E-state index in [1.807, 2.05) is 31.2 Å². The molecule has 0 aliphatic carbocycles. The first-order valence-electron chi connectivity index (χ1n) is 8.52. The van der Waals surface area contributed by atoms with E-state index in [4.69, 9.17) is 4.74 Å². The highest BCUT2D eigenvalue weighted by molar-refractivity contribution is 9.10. The second-order valence-corrected chi connectivity index (χ2v) is 7.24. The van der Waals surface area contributed by atoms with Crippen LogP contribution in [-0.2, 0) is 0 Å². The van der Waals surface area contributed by atoms with Crippen molar-refractivity contribution in [1.29, 1.82) is 0 Å². The summed E-state index contributed by atoms with van der Waals surface area (Å²) in [5.41, 5.74) is 3.29. The third-order valence-corrected chi connectivity index (χ3v) is 5.07. The number of ketones is 1. The fourth-order valence-corrected chi connectivity index (χ4v) is 3.37. The molecule has 1 atom stereocenters. The van der Waals surface area contributed by atoms with Crippen molar-refractivity contribution in [3.05, 3.63) is 93.3 Å². The van der Waals surface area contributed by atoms with Crippen LogP contribution in [0.4, 0.5) is 4.39 Å². The molecular formula is C22H19BrFNO2. The number of halogens is 2. The second-order valence-electron chi connectivity index (χ2n) is 6.32. The summed E-state index contributed by atoms with van der Waals surface area (Å²) in [6, 6.07) is 15.9. The fourth-order valence-electron chi connectivity index (χ4n) is 3.10. The first-order chi connectivity index (χ1) is 13.0. The minimum absolute atomic E-state index is 0.0261. The molecule has 0 N–H and O–H groups in total. The number of rotatable bonds is 6. The molecule has 1 heterocycles. The van der Waals surface area contributed by atoms with Crippen molar-refractivity contribution in [3.8, 4) is 5.88 Å². The van der Waals surface area contributed by atoms with E-state index in [-0.39, 0.29) is 23.9 Å². The fraction of sp³-hybridized carbons (Fsp3) is 0.182. The number of carbonyl (C=O) groups excluding carboxylic acids is 1. The van der Waals surface area contributed by atoms with E-state index in [1.165, 1.54) is 25.4 Å². The summed E-state index contributed by atoms with van der Waals surface area (Å²) in [5, 5.41) is 0. The predicted octanol–water partition coefficient (Wildman–Crippen LogP) is 5.71. The summed E-state index contributed by atoms with van der Waals surface area (Å²) in [4.78, 5) is 17.0. The Morgan fingerprint density at radius 3 is 2.48 bits per heavy atom. The lowest BCUT2D eigenvalue weighted by Gasteiger charge is -2.20. The molecule has 0 bridgehead atoms. The normalized spacial score (nSPS) is 11.9. The first kappa shape index (κ1) is 19.2. The summed E-state index contributed by atoms with van der Waals surface area (Å²) in [7, 11) is 1.53. The topological polar surface area (TPSA) is 39.2 Å². The van der Waals surface area contributed by atoms with Crippen molar-refractivity contribution in [2.75, 3.05) is 7.11 Å². The predicted molar refractivity (Wildman–Crippen MR) is 107 cm³/mol. The van der Waals surface area contributed by atoms with Crippen LogP contribution >= 0.6 is 15.9 Å². The molecule has 0 aliphatic rings. The Labute approximate surface area is 166 Å². The molecule has 0 fully saturated rings. The Bertz CT molecular complexity index is 940. The van der Waals surface area contributed by atoms with Gasteiger partial charge in [-0.1, -0.05) is 34.1 Å². The third-order valence-electron chi connectivity index (χ3n) is 4.54. The maximum atomic E-state index is 13.6. The number of carbonyl (C=O) groups is 1. The zero-order valence-electron chi connectivity index (χ0n) is 15.1. The molecule has 0 aliphatic heterocycles. The Hall–Kier alpha value is -2.53. The van der Waals surface area contributed by atoms with Crippen LogP contribution in [0.2, 0.25) is 0 Å². The molecule has 0 amide bonds. The number of pyridine rings is 1. The van der Waals surface area contributed by atoms with E-state index < -0.39 is 0 Å². The van der Waals surface area contributed by atoms with Crippen molar-refractivity contribution >= 4 is 21.7 Å². The quantitative estimate of drug-likeness (QED) is 0.473. The number of hydrogen-bond acceptors (Lipinski definition) is 3. The van der Waals surface area contributed by atoms with Crippen molar-refractivity contribution in [1.82, 2.24) is 4.98 Å². The largest absolute Gasteiger partial charge is 0.481 e. The van der Waals surface area contributed by atoms with Gasteiger partial charge in [0.2, 0.25) is 5.88 Å². The van der Waals surface area contributed by atoms with E-state index in [0.717, 1.165) is 21.2 Å². The van der Waals surface area contributed by atoms with Gasteiger partial charge in [-0.25, -0.2) is 9.37 Å². The molecule has 3 nitrogen and oxygen atoms in total. The van der Waals surface area contributed by atoms with Gasteiger partial charge >= 0.3 is 0 Å². The number of methoxy groups -OCH3 is 1. The summed E-state index contributed by atoms with van der Waals surface area (Å²) in [6.07, 6.45) is 1.79. The molecule has 0 spiro atoms. The molecular weight excluding hydrogens is 409 g/mol. The van der Waals surface area contributed by atoms with E-state index >= 15 is 0 Å². The van der Waals surface area contributed by atoms with Crippen LogP contribution in [0.25, 0.3) is 0 Å². The molecule has 1 aromatic heterocycles. The highest BCUT2D eigenvalue weighted by Crippen LogP contribution is 2.32. The van der Waals surface area contributed by atoms with Gasteiger partial charge in [-0.2, -0.15) is 0 Å². The minimum atomic E-state index is -0.281. The Morgan fingerprint density at radius 1 is 1.15 bits per heavy atom. The van der Waals surface area contributed by atoms with Crippen molar-refractivity contribution in [2.45, 2.75) is 19.3 Å². The molecule has 138 valence electrons. The molecule has 3 rings (SSSR count). The first-order valence-corrected chi connectivity index (χ1v) is 9.32. The van der Waals surface area contributed by atoms with Gasteiger partial charge in [-0.3, -0.25) is 4.79 Å². The summed E-state index contributed by atoms with van der Waals surface area (Å²) < 4.78 is 19.6. The molecule has 2 aromatic carbocycles. The van der Waals surface area contributed by atoms with Crippen molar-refractivity contribution < 1.29 is 13.9 Å². The average molecular weight is 428 g/mol. The van der Waals surface area contributed by atoms with Gasteiger partial charge in [0.15, 0.2) is 5.78 Å². The van der Waals surface area contributed by atoms with Crippen LogP contribution in [0.3, 0.4) is 0 Å². The minimum Gasteiger partial charge on any atom is -0.481 e. The summed E-state index contributed by atoms with van der Waals surface area (Å²) in [5.74, 6) is -0.0167. The lowest BCUT2D eigenvalue weighted by Crippen LogP contribution is -2.11. The molecule has 0 radical (unpaired) electrons. The van der Waals surface area contributed by atoms with Gasteiger partial charge in [0, 0.05) is 34.6 Å². The Balaban J connectivity index is 1.96. The highest BCUT2D eigenvalue weighted by atomic mass is 79.9. The molecule has 0 saturated carbocycles. The Kier molecular flexibility index (Phi) is 6.01. The van der Waals surface area contributed by atoms with Gasteiger partial charge in [0.05, 0.1) is 7.11 Å². The van der Waals surface area contributed by atoms with Crippen LogP contribution in [-0.4, -0.2) is 17.9 Å². The van der Waals surface area contributed by atoms with E-state index in [2.05, 4.69) is 20.9 Å². The third kappa shape index (κ3) is 4.61. The second kappa shape index (κ2) is 8.44. The van der Waals surface area contributed by atoms with Gasteiger partial charge in [-0.15, -0.1) is 0 Å². The number of nitrogens with zero attached hydrogens (tertiary/aromatic N) is 1. The SMILES string of the molecule is COc1ccc(C(=O)CC(c2ccc(Br)cc2)c2ccc(F)cc2C)cn1. The summed E-state index contributed by atoms with van der Waals surface area (Å²) >= 11 is 3.44. The number of aryl methyl sites for hydroxylation is 1. The van der Waals surface area contributed by atoms with Crippen molar-refractivity contribution in [2.24, 2.45) is 0 Å². The number of aromatic nitrogens is 1. The maximum absolute atomic E-state index is 13.6. The van der Waals surface area contributed by atoms with Crippen LogP contribution in [0.15, 0.2) is 65.3 Å². The monoisotopic (exact) mass is 427 g/mol. The zero-order chi connectivity index (χ0) is 19.4. The van der Waals surface area contributed by atoms with Gasteiger partial charge < -0.3 is 4.74 Å². The van der Waals surface area contributed by atoms with Crippen molar-refractivity contribution in [3.63, 3.8) is 0 Å². The molecule has 5 heteroatoms. The van der Waals surface area contributed by atoms with E-state index in [9.17, 15) is 9.18 Å². The van der Waals surface area contributed by atoms with E-state index in [0.29, 0.717) is 11.4 Å². The smallest absolute Gasteiger partial charge is 0.212 e. The number of ether oxygens (including phenoxy) is 1. The zero-order valence-corrected chi connectivity index (χ0v) is 16.7. The van der Waals surface area contributed by atoms with Crippen LogP contribution < -0.4 is 4.74 Å². The van der Waals surface area contributed by atoms with Crippen LogP contribution in [0.1, 0.15) is 39.4 Å². The molecule has 1 unspecified atom stereocenters. The lowest BCUT2D eigenvalue weighted by molar-refractivity contribution is 0.0977. The van der Waals surface area contributed by atoms with Gasteiger partial charge in [0.25, 0.3) is 0 Å². The summed E-state index contributed by atoms with van der Waals surface area (Å²) in [6.45, 7) is 1.86.